The van der Waals surface area contributed by atoms with Crippen LogP contribution in [0.1, 0.15) is 30.5 Å². The van der Waals surface area contributed by atoms with Gasteiger partial charge in [-0.3, -0.25) is 4.90 Å². The molecule has 0 saturated carbocycles. The lowest BCUT2D eigenvalue weighted by molar-refractivity contribution is -0.0880. The van der Waals surface area contributed by atoms with Crippen LogP contribution in [0.5, 0.6) is 5.75 Å². The molecule has 142 valence electrons. The first-order chi connectivity index (χ1) is 12.7. The van der Waals surface area contributed by atoms with Crippen LogP contribution in [-0.4, -0.2) is 25.1 Å². The Kier molecular flexibility index (Phi) is 3.90. The molecule has 2 amide bonds. The largest absolute Gasteiger partial charge is 0.468 e. The minimum atomic E-state index is -3.77. The Balaban J connectivity index is 1.63. The maximum atomic E-state index is 13.6. The Morgan fingerprint density at radius 3 is 2.67 bits per heavy atom. The third kappa shape index (κ3) is 3.13. The van der Waals surface area contributed by atoms with Gasteiger partial charge in [-0.15, -0.1) is 0 Å². The van der Waals surface area contributed by atoms with Crippen LogP contribution in [0.4, 0.5) is 9.18 Å². The van der Waals surface area contributed by atoms with Crippen molar-refractivity contribution in [2.24, 2.45) is 5.14 Å². The molecule has 2 heterocycles. The van der Waals surface area contributed by atoms with Crippen LogP contribution in [-0.2, 0) is 16.6 Å². The maximum absolute atomic E-state index is 13.6. The number of sulfonamides is 1. The van der Waals surface area contributed by atoms with Gasteiger partial charge in [-0.25, -0.2) is 22.7 Å². The Labute approximate surface area is 156 Å². The second-order valence-corrected chi connectivity index (χ2v) is 8.50. The molecule has 2 aliphatic rings. The molecule has 1 fully saturated rings. The number of nitrogens with two attached hydrogens (primary N) is 1. The van der Waals surface area contributed by atoms with Crippen LogP contribution >= 0.6 is 0 Å². The maximum Gasteiger partial charge on any atom is 0.321 e. The molecule has 1 saturated heterocycles. The summed E-state index contributed by atoms with van der Waals surface area (Å²) in [4.78, 5) is 14.2. The minimum Gasteiger partial charge on any atom is -0.468 e. The molecule has 7 nitrogen and oxygen atoms in total. The highest BCUT2D eigenvalue weighted by Gasteiger charge is 2.49. The molecule has 2 aromatic carbocycles. The third-order valence-electron chi connectivity index (χ3n) is 4.97. The van der Waals surface area contributed by atoms with Crippen molar-refractivity contribution in [2.45, 2.75) is 36.6 Å². The van der Waals surface area contributed by atoms with E-state index in [1.165, 1.54) is 24.3 Å². The third-order valence-corrected chi connectivity index (χ3v) is 5.90. The average Bonchev–Trinajstić information content (AvgIpc) is 2.59. The lowest BCUT2D eigenvalue weighted by atomic mass is 9.90. The number of fused-ring (bicyclic) bond motifs is 4. The molecule has 9 heteroatoms. The van der Waals surface area contributed by atoms with E-state index in [1.54, 1.807) is 23.1 Å². The van der Waals surface area contributed by atoms with E-state index in [1.807, 2.05) is 6.92 Å². The van der Waals surface area contributed by atoms with Crippen molar-refractivity contribution in [3.63, 3.8) is 0 Å². The van der Waals surface area contributed by atoms with Gasteiger partial charge >= 0.3 is 6.03 Å². The number of nitrogens with zero attached hydrogens (tertiary/aromatic N) is 1. The van der Waals surface area contributed by atoms with Crippen molar-refractivity contribution in [1.29, 1.82) is 0 Å². The van der Waals surface area contributed by atoms with Crippen molar-refractivity contribution < 1.29 is 22.3 Å². The second kappa shape index (κ2) is 5.93. The molecule has 0 aromatic heterocycles. The van der Waals surface area contributed by atoms with Crippen LogP contribution in [0.3, 0.4) is 0 Å². The van der Waals surface area contributed by atoms with Crippen molar-refractivity contribution >= 4 is 16.1 Å². The summed E-state index contributed by atoms with van der Waals surface area (Å²) >= 11 is 0. The number of ether oxygens (including phenoxy) is 1. The van der Waals surface area contributed by atoms with Crippen molar-refractivity contribution in [3.8, 4) is 5.75 Å². The lowest BCUT2D eigenvalue weighted by Crippen LogP contribution is -2.64. The first kappa shape index (κ1) is 17.7. The molecule has 0 radical (unpaired) electrons. The van der Waals surface area contributed by atoms with Gasteiger partial charge in [-0.2, -0.15) is 0 Å². The average molecular weight is 391 g/mol. The summed E-state index contributed by atoms with van der Waals surface area (Å²) < 4.78 is 42.4. The van der Waals surface area contributed by atoms with Gasteiger partial charge in [0.05, 0.1) is 17.5 Å². The number of halogens is 1. The molecule has 2 aliphatic heterocycles. The van der Waals surface area contributed by atoms with E-state index in [2.05, 4.69) is 5.32 Å². The van der Waals surface area contributed by atoms with Crippen molar-refractivity contribution in [3.05, 3.63) is 59.4 Å². The molecular weight excluding hydrogens is 373 g/mol. The number of benzene rings is 2. The van der Waals surface area contributed by atoms with Crippen LogP contribution in [0.2, 0.25) is 0 Å². The highest BCUT2D eigenvalue weighted by Crippen LogP contribution is 2.44. The molecule has 0 aliphatic carbocycles. The van der Waals surface area contributed by atoms with Gasteiger partial charge in [0.2, 0.25) is 10.0 Å². The molecule has 0 spiro atoms. The fourth-order valence-electron chi connectivity index (χ4n) is 3.59. The van der Waals surface area contributed by atoms with Crippen LogP contribution in [0, 0.1) is 5.82 Å². The van der Waals surface area contributed by atoms with E-state index in [0.717, 1.165) is 5.56 Å². The molecule has 2 aromatic rings. The van der Waals surface area contributed by atoms with Crippen LogP contribution < -0.4 is 15.2 Å². The fraction of sp³-hybridized carbons (Fsp3) is 0.278. The monoisotopic (exact) mass is 391 g/mol. The predicted molar refractivity (Wildman–Crippen MR) is 94.7 cm³/mol. The standard InChI is InChI=1S/C18H18FN3O4S/c1-18-9-15(14-8-12(19)4-7-16(14)26-18)21-17(23)22(18)10-11-2-5-13(6-3-11)27(20,24)25/h2-8,15H,9-10H2,1H3,(H,21,23)(H2,20,24,25). The quantitative estimate of drug-likeness (QED) is 0.838. The molecule has 27 heavy (non-hydrogen) atoms. The van der Waals surface area contributed by atoms with Crippen LogP contribution in [0.25, 0.3) is 0 Å². The summed E-state index contributed by atoms with van der Waals surface area (Å²) in [5.41, 5.74) is 0.444. The van der Waals surface area contributed by atoms with Gasteiger partial charge in [-0.1, -0.05) is 12.1 Å². The van der Waals surface area contributed by atoms with Gasteiger partial charge in [-0.05, 0) is 42.8 Å². The molecule has 3 N–H and O–H groups in total. The Morgan fingerprint density at radius 1 is 1.30 bits per heavy atom. The zero-order valence-electron chi connectivity index (χ0n) is 14.5. The summed E-state index contributed by atoms with van der Waals surface area (Å²) in [6.45, 7) is 2.03. The normalized spacial score (nSPS) is 24.0. The number of amides is 2. The summed E-state index contributed by atoms with van der Waals surface area (Å²) in [6, 6.07) is 9.61. The number of hydrogen-bond donors (Lipinski definition) is 2. The predicted octanol–water partition coefficient (Wildman–Crippen LogP) is 2.24. The summed E-state index contributed by atoms with van der Waals surface area (Å²) in [5, 5.41) is 7.99. The number of nitrogens with one attached hydrogen (secondary N) is 1. The highest BCUT2D eigenvalue weighted by molar-refractivity contribution is 7.89. The SMILES string of the molecule is CC12CC(NC(=O)N1Cc1ccc(S(N)(=O)=O)cc1)c1cc(F)ccc1O2. The zero-order chi connectivity index (χ0) is 19.4. The van der Waals surface area contributed by atoms with E-state index >= 15 is 0 Å². The first-order valence-corrected chi connectivity index (χ1v) is 9.89. The highest BCUT2D eigenvalue weighted by atomic mass is 32.2. The van der Waals surface area contributed by atoms with Crippen molar-refractivity contribution in [2.75, 3.05) is 0 Å². The summed E-state index contributed by atoms with van der Waals surface area (Å²) in [7, 11) is -3.77. The number of carbonyl (C=O) groups is 1. The topological polar surface area (TPSA) is 102 Å². The molecule has 2 bridgehead atoms. The Morgan fingerprint density at radius 2 is 2.00 bits per heavy atom. The Bertz CT molecular complexity index is 1030. The summed E-state index contributed by atoms with van der Waals surface area (Å²) in [5.74, 6) is 0.150. The second-order valence-electron chi connectivity index (χ2n) is 6.94. The number of carbonyl (C=O) groups excluding carboxylic acids is 1. The van der Waals surface area contributed by atoms with Gasteiger partial charge in [0.1, 0.15) is 11.6 Å². The number of rotatable bonds is 3. The van der Waals surface area contributed by atoms with Crippen LogP contribution in [0.15, 0.2) is 47.4 Å². The van der Waals surface area contributed by atoms with E-state index in [9.17, 15) is 17.6 Å². The van der Waals surface area contributed by atoms with Gasteiger partial charge in [0, 0.05) is 12.0 Å². The number of primary sulfonamides is 1. The van der Waals surface area contributed by atoms with Gasteiger partial charge in [0.25, 0.3) is 0 Å². The van der Waals surface area contributed by atoms with E-state index in [4.69, 9.17) is 9.88 Å². The number of urea groups is 1. The smallest absolute Gasteiger partial charge is 0.321 e. The van der Waals surface area contributed by atoms with E-state index in [-0.39, 0.29) is 29.3 Å². The van der Waals surface area contributed by atoms with Gasteiger partial charge < -0.3 is 10.1 Å². The fourth-order valence-corrected chi connectivity index (χ4v) is 4.11. The molecule has 2 unspecified atom stereocenters. The minimum absolute atomic E-state index is 0.00509. The Hall–Kier alpha value is -2.65. The van der Waals surface area contributed by atoms with E-state index in [0.29, 0.717) is 17.7 Å². The number of hydrogen-bond acceptors (Lipinski definition) is 4. The summed E-state index contributed by atoms with van der Waals surface area (Å²) in [6.07, 6.45) is 0.463. The molecule has 4 rings (SSSR count). The van der Waals surface area contributed by atoms with E-state index < -0.39 is 15.7 Å². The lowest BCUT2D eigenvalue weighted by Gasteiger charge is -2.50. The van der Waals surface area contributed by atoms with Crippen molar-refractivity contribution in [1.82, 2.24) is 10.2 Å². The molecule has 2 atom stereocenters. The zero-order valence-corrected chi connectivity index (χ0v) is 15.3. The molecular formula is C18H18FN3O4S. The first-order valence-electron chi connectivity index (χ1n) is 8.34. The van der Waals surface area contributed by atoms with Gasteiger partial charge in [0.15, 0.2) is 5.72 Å².